The van der Waals surface area contributed by atoms with Crippen LogP contribution in [0.15, 0.2) is 18.2 Å². The summed E-state index contributed by atoms with van der Waals surface area (Å²) in [4.78, 5) is 20.0. The van der Waals surface area contributed by atoms with E-state index in [-0.39, 0.29) is 18.6 Å². The predicted molar refractivity (Wildman–Crippen MR) is 89.3 cm³/mol. The van der Waals surface area contributed by atoms with Crippen molar-refractivity contribution in [3.63, 3.8) is 0 Å². The first-order valence-corrected chi connectivity index (χ1v) is 7.62. The van der Waals surface area contributed by atoms with E-state index in [1.165, 1.54) is 7.11 Å². The molecule has 7 heteroatoms. The molecule has 4 N–H and O–H groups in total. The molecular weight excluding hydrogens is 296 g/mol. The molecule has 2 aromatic rings. The molecule has 1 heterocycles. The summed E-state index contributed by atoms with van der Waals surface area (Å²) in [7, 11) is 1.33. The van der Waals surface area contributed by atoms with Crippen molar-refractivity contribution in [2.45, 2.75) is 32.2 Å². The number of carbonyl (C=O) groups excluding carboxylic acids is 1. The molecule has 1 aromatic carbocycles. The Hall–Kier alpha value is -2.41. The largest absolute Gasteiger partial charge is 0.465 e. The number of nitrogen functional groups attached to an aromatic ring is 1. The summed E-state index contributed by atoms with van der Waals surface area (Å²) >= 11 is 0. The van der Waals surface area contributed by atoms with Gasteiger partial charge < -0.3 is 20.9 Å². The Balaban J connectivity index is 2.37. The van der Waals surface area contributed by atoms with Crippen molar-refractivity contribution in [3.05, 3.63) is 23.8 Å². The highest BCUT2D eigenvalue weighted by Crippen LogP contribution is 2.24. The number of fused-ring (bicyclic) bond motifs is 1. The lowest BCUT2D eigenvalue weighted by Crippen LogP contribution is -2.24. The summed E-state index contributed by atoms with van der Waals surface area (Å²) in [6.45, 7) is 2.10. The minimum atomic E-state index is -0.435. The number of nitrogens with one attached hydrogen (secondary N) is 1. The standard InChI is InChI=1S/C16H22N4O3/c1-3-4-5-11(9-21)18-14-12-7-6-10(15(22)23-2)8-13(12)19-16(17)20-14/h6-8,11,21H,3-5,9H2,1-2H3,(H3,17,18,19,20). The van der Waals surface area contributed by atoms with Crippen LogP contribution in [0.2, 0.25) is 0 Å². The maximum atomic E-state index is 11.6. The van der Waals surface area contributed by atoms with Gasteiger partial charge in [0, 0.05) is 5.39 Å². The number of nitrogens with zero attached hydrogens (tertiary/aromatic N) is 2. The molecule has 0 aliphatic heterocycles. The lowest BCUT2D eigenvalue weighted by Gasteiger charge is -2.18. The Bertz CT molecular complexity index is 690. The van der Waals surface area contributed by atoms with Crippen LogP contribution >= 0.6 is 0 Å². The molecule has 0 saturated heterocycles. The number of nitrogens with two attached hydrogens (primary N) is 1. The number of aromatic nitrogens is 2. The fraction of sp³-hybridized carbons (Fsp3) is 0.438. The molecule has 124 valence electrons. The molecule has 0 aliphatic carbocycles. The highest BCUT2D eigenvalue weighted by molar-refractivity contribution is 5.97. The number of aliphatic hydroxyl groups is 1. The van der Waals surface area contributed by atoms with Crippen molar-refractivity contribution in [3.8, 4) is 0 Å². The minimum absolute atomic E-state index is 0.00560. The predicted octanol–water partition coefficient (Wildman–Crippen LogP) is 1.96. The Morgan fingerprint density at radius 1 is 1.43 bits per heavy atom. The third-order valence-electron chi connectivity index (χ3n) is 3.60. The average molecular weight is 318 g/mol. The monoisotopic (exact) mass is 318 g/mol. The first-order valence-electron chi connectivity index (χ1n) is 7.62. The number of carbonyl (C=O) groups is 1. The van der Waals surface area contributed by atoms with Crippen molar-refractivity contribution in [2.24, 2.45) is 0 Å². The zero-order valence-electron chi connectivity index (χ0n) is 13.4. The number of hydrogen-bond acceptors (Lipinski definition) is 7. The molecule has 23 heavy (non-hydrogen) atoms. The fourth-order valence-electron chi connectivity index (χ4n) is 2.36. The molecule has 0 spiro atoms. The van der Waals surface area contributed by atoms with Gasteiger partial charge in [0.15, 0.2) is 0 Å². The summed E-state index contributed by atoms with van der Waals surface area (Å²) in [6.07, 6.45) is 2.88. The van der Waals surface area contributed by atoms with Gasteiger partial charge in [0.25, 0.3) is 0 Å². The topological polar surface area (TPSA) is 110 Å². The van der Waals surface area contributed by atoms with E-state index in [0.29, 0.717) is 16.9 Å². The van der Waals surface area contributed by atoms with Gasteiger partial charge in [-0.3, -0.25) is 0 Å². The fourth-order valence-corrected chi connectivity index (χ4v) is 2.36. The van der Waals surface area contributed by atoms with Gasteiger partial charge in [0.05, 0.1) is 30.8 Å². The van der Waals surface area contributed by atoms with E-state index in [9.17, 15) is 9.90 Å². The number of rotatable bonds is 7. The van der Waals surface area contributed by atoms with Gasteiger partial charge in [-0.2, -0.15) is 4.98 Å². The van der Waals surface area contributed by atoms with E-state index >= 15 is 0 Å². The van der Waals surface area contributed by atoms with E-state index in [2.05, 4.69) is 22.2 Å². The molecule has 7 nitrogen and oxygen atoms in total. The molecule has 0 radical (unpaired) electrons. The van der Waals surface area contributed by atoms with E-state index in [0.717, 1.165) is 24.6 Å². The Labute approximate surface area is 134 Å². The van der Waals surface area contributed by atoms with Crippen LogP contribution in [0.4, 0.5) is 11.8 Å². The van der Waals surface area contributed by atoms with E-state index in [1.807, 2.05) is 0 Å². The molecule has 1 atom stereocenters. The van der Waals surface area contributed by atoms with Crippen molar-refractivity contribution in [2.75, 3.05) is 24.8 Å². The highest BCUT2D eigenvalue weighted by Gasteiger charge is 2.14. The molecule has 0 aliphatic rings. The second kappa shape index (κ2) is 7.73. The molecular formula is C16H22N4O3. The second-order valence-electron chi connectivity index (χ2n) is 5.32. The van der Waals surface area contributed by atoms with Crippen LogP contribution in [0.5, 0.6) is 0 Å². The summed E-state index contributed by atoms with van der Waals surface area (Å²) in [5, 5.41) is 13.5. The lowest BCUT2D eigenvalue weighted by molar-refractivity contribution is 0.0601. The maximum absolute atomic E-state index is 11.6. The van der Waals surface area contributed by atoms with Gasteiger partial charge in [-0.1, -0.05) is 19.8 Å². The number of ether oxygens (including phenoxy) is 1. The zero-order chi connectivity index (χ0) is 16.8. The number of aliphatic hydroxyl groups excluding tert-OH is 1. The molecule has 1 unspecified atom stereocenters. The van der Waals surface area contributed by atoms with Crippen LogP contribution in [0.25, 0.3) is 10.9 Å². The third-order valence-corrected chi connectivity index (χ3v) is 3.60. The van der Waals surface area contributed by atoms with Crippen LogP contribution in [0.3, 0.4) is 0 Å². The van der Waals surface area contributed by atoms with Crippen molar-refractivity contribution >= 4 is 28.6 Å². The van der Waals surface area contributed by atoms with Gasteiger partial charge in [-0.15, -0.1) is 0 Å². The molecule has 2 rings (SSSR count). The van der Waals surface area contributed by atoms with E-state index in [4.69, 9.17) is 10.5 Å². The summed E-state index contributed by atoms with van der Waals surface area (Å²) < 4.78 is 4.71. The Kier molecular flexibility index (Phi) is 5.70. The van der Waals surface area contributed by atoms with Gasteiger partial charge in [-0.05, 0) is 24.6 Å². The smallest absolute Gasteiger partial charge is 0.337 e. The summed E-state index contributed by atoms with van der Waals surface area (Å²) in [6, 6.07) is 4.91. The highest BCUT2D eigenvalue weighted by atomic mass is 16.5. The Morgan fingerprint density at radius 3 is 2.87 bits per heavy atom. The maximum Gasteiger partial charge on any atom is 0.337 e. The van der Waals surface area contributed by atoms with E-state index < -0.39 is 5.97 Å². The summed E-state index contributed by atoms with van der Waals surface area (Å²) in [5.74, 6) is 0.225. The first kappa shape index (κ1) is 17.0. The molecule has 0 saturated carbocycles. The van der Waals surface area contributed by atoms with Crippen LogP contribution < -0.4 is 11.1 Å². The molecule has 0 amide bonds. The van der Waals surface area contributed by atoms with Crippen molar-refractivity contribution in [1.82, 2.24) is 9.97 Å². The summed E-state index contributed by atoms with van der Waals surface area (Å²) in [5.41, 5.74) is 6.71. The van der Waals surface area contributed by atoms with Gasteiger partial charge in [-0.25, -0.2) is 9.78 Å². The zero-order valence-corrected chi connectivity index (χ0v) is 13.4. The Morgan fingerprint density at radius 2 is 2.22 bits per heavy atom. The van der Waals surface area contributed by atoms with Gasteiger partial charge in [0.1, 0.15) is 5.82 Å². The van der Waals surface area contributed by atoms with Crippen LogP contribution in [-0.4, -0.2) is 40.8 Å². The van der Waals surface area contributed by atoms with Crippen LogP contribution in [-0.2, 0) is 4.74 Å². The molecule has 0 bridgehead atoms. The number of anilines is 2. The number of unbranched alkanes of at least 4 members (excludes halogenated alkanes) is 1. The SMILES string of the molecule is CCCCC(CO)Nc1nc(N)nc2cc(C(=O)OC)ccc12. The minimum Gasteiger partial charge on any atom is -0.465 e. The normalized spacial score (nSPS) is 12.1. The van der Waals surface area contributed by atoms with Crippen LogP contribution in [0, 0.1) is 0 Å². The number of esters is 1. The number of hydrogen-bond donors (Lipinski definition) is 3. The second-order valence-corrected chi connectivity index (χ2v) is 5.32. The van der Waals surface area contributed by atoms with Crippen LogP contribution in [0.1, 0.15) is 36.5 Å². The first-order chi connectivity index (χ1) is 11.1. The van der Waals surface area contributed by atoms with E-state index in [1.54, 1.807) is 18.2 Å². The molecule has 1 aromatic heterocycles. The third kappa shape index (κ3) is 4.07. The average Bonchev–Trinajstić information content (AvgIpc) is 2.56. The van der Waals surface area contributed by atoms with Gasteiger partial charge in [0.2, 0.25) is 5.95 Å². The van der Waals surface area contributed by atoms with Gasteiger partial charge >= 0.3 is 5.97 Å². The molecule has 0 fully saturated rings. The quantitative estimate of drug-likeness (QED) is 0.669. The van der Waals surface area contributed by atoms with Crippen molar-refractivity contribution < 1.29 is 14.6 Å². The lowest BCUT2D eigenvalue weighted by atomic mass is 10.1. The number of methoxy groups -OCH3 is 1. The number of benzene rings is 1. The van der Waals surface area contributed by atoms with Crippen molar-refractivity contribution in [1.29, 1.82) is 0 Å².